The minimum absolute atomic E-state index is 0. The fourth-order valence-electron chi connectivity index (χ4n) is 1.91. The van der Waals surface area contributed by atoms with Crippen molar-refractivity contribution in [3.05, 3.63) is 0 Å². The number of carbonyl (C=O) groups excluding carboxylic acids is 4. The summed E-state index contributed by atoms with van der Waals surface area (Å²) in [6.45, 7) is 3.60. The van der Waals surface area contributed by atoms with Gasteiger partial charge in [0.25, 0.3) is 0 Å². The van der Waals surface area contributed by atoms with Crippen molar-refractivity contribution in [1.82, 2.24) is 0 Å². The fourth-order valence-corrected chi connectivity index (χ4v) is 1.91. The van der Waals surface area contributed by atoms with Gasteiger partial charge in [0.15, 0.2) is 24.6 Å². The van der Waals surface area contributed by atoms with Crippen LogP contribution in [0.4, 0.5) is 0 Å². The lowest BCUT2D eigenvalue weighted by atomic mass is 9.99. The molecule has 5 atom stereocenters. The van der Waals surface area contributed by atoms with Crippen LogP contribution in [-0.2, 0) is 63.0 Å². The van der Waals surface area contributed by atoms with Gasteiger partial charge < -0.3 is 9.84 Å². The van der Waals surface area contributed by atoms with Crippen LogP contribution >= 0.6 is 17.0 Å². The van der Waals surface area contributed by atoms with Gasteiger partial charge in [-0.1, -0.05) is 0 Å². The molecule has 1 aliphatic heterocycles. The topological polar surface area (TPSA) is 172 Å². The molecule has 14 nitrogen and oxygen atoms in total. The lowest BCUT2D eigenvalue weighted by molar-refractivity contribution is -0.454. The minimum Gasteiger partial charge on any atom is -0.366 e. The summed E-state index contributed by atoms with van der Waals surface area (Å²) in [6, 6.07) is 0. The van der Waals surface area contributed by atoms with Crippen LogP contribution in [0.15, 0.2) is 0 Å². The molecule has 0 aromatic carbocycles. The van der Waals surface area contributed by atoms with E-state index in [9.17, 15) is 24.3 Å². The first kappa shape index (κ1) is 27.1. The Labute approximate surface area is 174 Å². The molecule has 15 heteroatoms. The SMILES string of the molecule is Br.CC(=O)OOC[C@H]1O[C@H](O)[C@H](OOC(C)=O)[C@@H](OOC(C)=O)[C@@H]1OOC(C)=O. The molecule has 1 fully saturated rings. The van der Waals surface area contributed by atoms with Crippen molar-refractivity contribution in [2.45, 2.75) is 58.4 Å². The average molecular weight is 493 g/mol. The summed E-state index contributed by atoms with van der Waals surface area (Å²) < 4.78 is 5.18. The Hall–Kier alpha value is -1.88. The maximum Gasteiger partial charge on any atom is 0.339 e. The molecule has 1 N–H and O–H groups in total. The Kier molecular flexibility index (Phi) is 12.5. The molecule has 0 bridgehead atoms. The number of halogens is 1. The van der Waals surface area contributed by atoms with E-state index >= 15 is 0 Å². The second kappa shape index (κ2) is 13.4. The first-order valence-corrected chi connectivity index (χ1v) is 7.77. The summed E-state index contributed by atoms with van der Waals surface area (Å²) >= 11 is 0. The molecule has 29 heavy (non-hydrogen) atoms. The molecule has 0 saturated carbocycles. The van der Waals surface area contributed by atoms with Crippen LogP contribution in [0.1, 0.15) is 27.7 Å². The standard InChI is InChI=1S/C14H20O14.BrH/c1-6(15)22-20-5-10-11(26-23-7(2)16)12(27-24-8(3)17)13(14(19)21-10)28-25-9(4)18;/h10-14,19H,5H2,1-4H3;1H/t10-,11-,12+,13-,14+;/m1./s1. The predicted molar refractivity (Wildman–Crippen MR) is 88.8 cm³/mol. The van der Waals surface area contributed by atoms with Crippen LogP contribution in [0, 0.1) is 0 Å². The summed E-state index contributed by atoms with van der Waals surface area (Å²) in [5, 5.41) is 10.1. The summed E-state index contributed by atoms with van der Waals surface area (Å²) in [7, 11) is 0. The average Bonchev–Trinajstić information content (AvgIpc) is 2.57. The van der Waals surface area contributed by atoms with E-state index in [2.05, 4.69) is 24.4 Å². The van der Waals surface area contributed by atoms with Crippen molar-refractivity contribution >= 4 is 40.9 Å². The summed E-state index contributed by atoms with van der Waals surface area (Å²) in [5.74, 6) is -3.41. The third-order valence-electron chi connectivity index (χ3n) is 2.85. The number of carbonyl (C=O) groups is 4. The molecule has 0 aliphatic carbocycles. The fraction of sp³-hybridized carbons (Fsp3) is 0.714. The second-order valence-electron chi connectivity index (χ2n) is 5.33. The first-order chi connectivity index (χ1) is 13.1. The van der Waals surface area contributed by atoms with E-state index < -0.39 is 61.2 Å². The van der Waals surface area contributed by atoms with Crippen molar-refractivity contribution < 1.29 is 68.1 Å². The van der Waals surface area contributed by atoms with Crippen molar-refractivity contribution in [2.24, 2.45) is 0 Å². The Morgan fingerprint density at radius 2 is 1.14 bits per heavy atom. The number of hydrogen-bond acceptors (Lipinski definition) is 14. The Bertz CT molecular complexity index is 569. The lowest BCUT2D eigenvalue weighted by Crippen LogP contribution is -2.61. The number of ether oxygens (including phenoxy) is 1. The van der Waals surface area contributed by atoms with E-state index in [0.717, 1.165) is 27.7 Å². The van der Waals surface area contributed by atoms with Gasteiger partial charge in [0.1, 0.15) is 12.7 Å². The van der Waals surface area contributed by atoms with Crippen LogP contribution in [0.3, 0.4) is 0 Å². The Balaban J connectivity index is 0.00000784. The highest BCUT2D eigenvalue weighted by Crippen LogP contribution is 2.28. The normalized spacial score (nSPS) is 25.9. The molecule has 1 saturated heterocycles. The van der Waals surface area contributed by atoms with E-state index in [1.54, 1.807) is 0 Å². The lowest BCUT2D eigenvalue weighted by Gasteiger charge is -2.40. The summed E-state index contributed by atoms with van der Waals surface area (Å²) in [4.78, 5) is 80.6. The smallest absolute Gasteiger partial charge is 0.339 e. The molecular weight excluding hydrogens is 472 g/mol. The molecule has 0 aromatic rings. The maximum atomic E-state index is 11.1. The van der Waals surface area contributed by atoms with Gasteiger partial charge in [-0.25, -0.2) is 19.2 Å². The third-order valence-corrected chi connectivity index (χ3v) is 2.85. The number of rotatable bonds is 9. The maximum absolute atomic E-state index is 11.1. The Morgan fingerprint density at radius 3 is 1.59 bits per heavy atom. The predicted octanol–water partition coefficient (Wildman–Crippen LogP) is -0.634. The van der Waals surface area contributed by atoms with Crippen LogP contribution in [0.5, 0.6) is 0 Å². The van der Waals surface area contributed by atoms with Crippen molar-refractivity contribution in [3.8, 4) is 0 Å². The molecule has 1 aliphatic rings. The number of aliphatic hydroxyl groups is 1. The Morgan fingerprint density at radius 1 is 0.724 bits per heavy atom. The van der Waals surface area contributed by atoms with E-state index in [0.29, 0.717) is 0 Å². The zero-order chi connectivity index (χ0) is 21.3. The van der Waals surface area contributed by atoms with E-state index in [4.69, 9.17) is 19.4 Å². The molecule has 0 spiro atoms. The highest BCUT2D eigenvalue weighted by Gasteiger charge is 2.52. The number of aliphatic hydroxyl groups excluding tert-OH is 1. The van der Waals surface area contributed by atoms with Gasteiger partial charge in [-0.05, 0) is 0 Å². The van der Waals surface area contributed by atoms with Gasteiger partial charge in [-0.15, -0.1) is 17.0 Å². The van der Waals surface area contributed by atoms with Crippen LogP contribution in [0.25, 0.3) is 0 Å². The first-order valence-electron chi connectivity index (χ1n) is 7.77. The molecule has 1 heterocycles. The largest absolute Gasteiger partial charge is 0.366 e. The summed E-state index contributed by atoms with van der Waals surface area (Å²) in [5.41, 5.74) is 0. The van der Waals surface area contributed by atoms with Crippen LogP contribution in [-0.4, -0.2) is 66.3 Å². The molecule has 0 amide bonds. The highest BCUT2D eigenvalue weighted by molar-refractivity contribution is 8.93. The van der Waals surface area contributed by atoms with E-state index in [1.165, 1.54) is 0 Å². The van der Waals surface area contributed by atoms with Crippen LogP contribution < -0.4 is 0 Å². The second-order valence-corrected chi connectivity index (χ2v) is 5.33. The highest BCUT2D eigenvalue weighted by atomic mass is 79.9. The van der Waals surface area contributed by atoms with Crippen molar-refractivity contribution in [1.29, 1.82) is 0 Å². The molecule has 1 rings (SSSR count). The molecule has 0 radical (unpaired) electrons. The molecule has 0 aromatic heterocycles. The zero-order valence-electron chi connectivity index (χ0n) is 15.8. The molecular formula is C14H21BrO14. The zero-order valence-corrected chi connectivity index (χ0v) is 17.5. The minimum atomic E-state index is -1.82. The van der Waals surface area contributed by atoms with Gasteiger partial charge in [-0.2, -0.15) is 19.6 Å². The third kappa shape index (κ3) is 9.93. The van der Waals surface area contributed by atoms with E-state index in [1.807, 2.05) is 0 Å². The summed E-state index contributed by atoms with van der Waals surface area (Å²) in [6.07, 6.45) is -7.71. The van der Waals surface area contributed by atoms with Crippen molar-refractivity contribution in [2.75, 3.05) is 6.61 Å². The monoisotopic (exact) mass is 492 g/mol. The van der Waals surface area contributed by atoms with Gasteiger partial charge >= 0.3 is 23.9 Å². The van der Waals surface area contributed by atoms with Gasteiger partial charge in [0, 0.05) is 27.7 Å². The number of hydrogen-bond donors (Lipinski definition) is 1. The van der Waals surface area contributed by atoms with Crippen molar-refractivity contribution in [3.63, 3.8) is 0 Å². The van der Waals surface area contributed by atoms with Crippen LogP contribution in [0.2, 0.25) is 0 Å². The molecule has 168 valence electrons. The quantitative estimate of drug-likeness (QED) is 0.318. The van der Waals surface area contributed by atoms with E-state index in [-0.39, 0.29) is 17.0 Å². The van der Waals surface area contributed by atoms with Gasteiger partial charge in [0.05, 0.1) is 0 Å². The molecule has 0 unspecified atom stereocenters. The van der Waals surface area contributed by atoms with Gasteiger partial charge in [0.2, 0.25) is 0 Å². The van der Waals surface area contributed by atoms with Gasteiger partial charge in [-0.3, -0.25) is 19.6 Å².